The van der Waals surface area contributed by atoms with Gasteiger partial charge in [0.1, 0.15) is 0 Å². The number of aliphatic hydroxyl groups is 1. The van der Waals surface area contributed by atoms with Gasteiger partial charge in [0.05, 0.1) is 28.6 Å². The molecule has 0 amide bonds. The first-order valence-electron chi connectivity index (χ1n) is 6.32. The highest BCUT2D eigenvalue weighted by Gasteiger charge is 2.23. The lowest BCUT2D eigenvalue weighted by molar-refractivity contribution is 0.238. The molecule has 100 valence electrons. The normalized spacial score (nSPS) is 19.2. The van der Waals surface area contributed by atoms with Crippen LogP contribution in [0.15, 0.2) is 23.3 Å². The summed E-state index contributed by atoms with van der Waals surface area (Å²) in [4.78, 5) is 20.5. The van der Waals surface area contributed by atoms with E-state index in [1.807, 2.05) is 6.07 Å². The summed E-state index contributed by atoms with van der Waals surface area (Å²) in [7, 11) is 0. The number of hydrogen-bond donors (Lipinski definition) is 3. The second kappa shape index (κ2) is 4.55. The van der Waals surface area contributed by atoms with E-state index in [0.717, 1.165) is 25.2 Å². The van der Waals surface area contributed by atoms with Crippen LogP contribution in [0, 0.1) is 5.92 Å². The van der Waals surface area contributed by atoms with E-state index in [9.17, 15) is 9.90 Å². The van der Waals surface area contributed by atoms with Gasteiger partial charge in [0.15, 0.2) is 0 Å². The number of aromatic nitrogens is 2. The molecule has 1 aromatic carbocycles. The van der Waals surface area contributed by atoms with Crippen molar-refractivity contribution in [1.82, 2.24) is 9.97 Å². The lowest BCUT2D eigenvalue weighted by Crippen LogP contribution is -2.22. The number of hydrogen-bond acceptors (Lipinski definition) is 5. The number of anilines is 2. The van der Waals surface area contributed by atoms with Crippen molar-refractivity contribution in [2.75, 3.05) is 30.3 Å². The monoisotopic (exact) mass is 260 g/mol. The molecule has 1 fully saturated rings. The zero-order valence-electron chi connectivity index (χ0n) is 10.5. The fourth-order valence-electron chi connectivity index (χ4n) is 2.60. The highest BCUT2D eigenvalue weighted by Crippen LogP contribution is 2.31. The van der Waals surface area contributed by atoms with E-state index < -0.39 is 0 Å². The molecule has 1 aromatic heterocycles. The predicted molar refractivity (Wildman–Crippen MR) is 74.2 cm³/mol. The number of aromatic amines is 1. The van der Waals surface area contributed by atoms with Gasteiger partial charge in [-0.2, -0.15) is 0 Å². The molecular formula is C13H16N4O2. The molecule has 1 atom stereocenters. The third-order valence-corrected chi connectivity index (χ3v) is 3.67. The van der Waals surface area contributed by atoms with Gasteiger partial charge in [-0.25, -0.2) is 4.98 Å². The van der Waals surface area contributed by atoms with Gasteiger partial charge in [0, 0.05) is 25.6 Å². The molecule has 2 aromatic rings. The van der Waals surface area contributed by atoms with Crippen LogP contribution in [-0.2, 0) is 0 Å². The number of nitrogens with one attached hydrogen (secondary N) is 1. The smallest absolute Gasteiger partial charge is 0.258 e. The third kappa shape index (κ3) is 2.04. The molecule has 19 heavy (non-hydrogen) atoms. The van der Waals surface area contributed by atoms with Gasteiger partial charge >= 0.3 is 0 Å². The highest BCUT2D eigenvalue weighted by molar-refractivity contribution is 5.88. The first-order chi connectivity index (χ1) is 9.19. The summed E-state index contributed by atoms with van der Waals surface area (Å²) in [6.07, 6.45) is 2.35. The van der Waals surface area contributed by atoms with Crippen LogP contribution in [0.2, 0.25) is 0 Å². The minimum atomic E-state index is -0.182. The SMILES string of the molecule is Nc1cc2c(=O)[nH]cnc2cc1N1CCC(CO)C1. The molecule has 0 bridgehead atoms. The molecule has 6 heteroatoms. The molecular weight excluding hydrogens is 244 g/mol. The first kappa shape index (κ1) is 12.0. The first-order valence-corrected chi connectivity index (χ1v) is 6.32. The van der Waals surface area contributed by atoms with E-state index in [-0.39, 0.29) is 12.2 Å². The fourth-order valence-corrected chi connectivity index (χ4v) is 2.60. The summed E-state index contributed by atoms with van der Waals surface area (Å²) in [6, 6.07) is 3.52. The van der Waals surface area contributed by atoms with Gasteiger partial charge in [-0.1, -0.05) is 0 Å². The Morgan fingerprint density at radius 3 is 3.11 bits per heavy atom. The van der Waals surface area contributed by atoms with Crippen LogP contribution in [0.1, 0.15) is 6.42 Å². The van der Waals surface area contributed by atoms with Crippen molar-refractivity contribution in [3.63, 3.8) is 0 Å². The fraction of sp³-hybridized carbons (Fsp3) is 0.385. The quantitative estimate of drug-likeness (QED) is 0.676. The number of aliphatic hydroxyl groups excluding tert-OH is 1. The van der Waals surface area contributed by atoms with Crippen molar-refractivity contribution < 1.29 is 5.11 Å². The second-order valence-corrected chi connectivity index (χ2v) is 4.94. The number of fused-ring (bicyclic) bond motifs is 1. The largest absolute Gasteiger partial charge is 0.397 e. The number of nitrogen functional groups attached to an aromatic ring is 1. The number of H-pyrrole nitrogens is 1. The van der Waals surface area contributed by atoms with E-state index in [1.54, 1.807) is 6.07 Å². The molecule has 4 N–H and O–H groups in total. The molecule has 0 spiro atoms. The molecule has 1 saturated heterocycles. The maximum Gasteiger partial charge on any atom is 0.258 e. The van der Waals surface area contributed by atoms with Gasteiger partial charge in [0.2, 0.25) is 0 Å². The minimum Gasteiger partial charge on any atom is -0.397 e. The summed E-state index contributed by atoms with van der Waals surface area (Å²) in [5.74, 6) is 0.294. The van der Waals surface area contributed by atoms with E-state index >= 15 is 0 Å². The number of rotatable bonds is 2. The molecule has 2 heterocycles. The highest BCUT2D eigenvalue weighted by atomic mass is 16.3. The number of nitrogens with zero attached hydrogens (tertiary/aromatic N) is 2. The second-order valence-electron chi connectivity index (χ2n) is 4.94. The zero-order valence-corrected chi connectivity index (χ0v) is 10.5. The van der Waals surface area contributed by atoms with Crippen LogP contribution < -0.4 is 16.2 Å². The molecule has 1 aliphatic heterocycles. The van der Waals surface area contributed by atoms with Crippen molar-refractivity contribution in [2.45, 2.75) is 6.42 Å². The van der Waals surface area contributed by atoms with E-state index in [2.05, 4.69) is 14.9 Å². The van der Waals surface area contributed by atoms with E-state index in [0.29, 0.717) is 22.5 Å². The van der Waals surface area contributed by atoms with E-state index in [4.69, 9.17) is 5.73 Å². The van der Waals surface area contributed by atoms with Crippen LogP contribution in [0.3, 0.4) is 0 Å². The van der Waals surface area contributed by atoms with Gasteiger partial charge in [0.25, 0.3) is 5.56 Å². The summed E-state index contributed by atoms with van der Waals surface area (Å²) in [6.45, 7) is 1.85. The molecule has 0 radical (unpaired) electrons. The maximum absolute atomic E-state index is 11.7. The Kier molecular flexibility index (Phi) is 2.87. The Morgan fingerprint density at radius 1 is 1.53 bits per heavy atom. The molecule has 1 unspecified atom stereocenters. The van der Waals surface area contributed by atoms with Gasteiger partial charge in [-0.15, -0.1) is 0 Å². The van der Waals surface area contributed by atoms with Crippen LogP contribution >= 0.6 is 0 Å². The average Bonchev–Trinajstić information content (AvgIpc) is 2.88. The average molecular weight is 260 g/mol. The lowest BCUT2D eigenvalue weighted by Gasteiger charge is -2.20. The van der Waals surface area contributed by atoms with Crippen LogP contribution in [0.5, 0.6) is 0 Å². The van der Waals surface area contributed by atoms with E-state index in [1.165, 1.54) is 6.33 Å². The Balaban J connectivity index is 2.05. The van der Waals surface area contributed by atoms with Crippen molar-refractivity contribution in [3.05, 3.63) is 28.8 Å². The zero-order chi connectivity index (χ0) is 13.4. The van der Waals surface area contributed by atoms with Gasteiger partial charge in [-0.3, -0.25) is 4.79 Å². The topological polar surface area (TPSA) is 95.2 Å². The number of nitrogens with two attached hydrogens (primary N) is 1. The van der Waals surface area contributed by atoms with Crippen molar-refractivity contribution >= 4 is 22.3 Å². The van der Waals surface area contributed by atoms with Crippen LogP contribution in [0.4, 0.5) is 11.4 Å². The predicted octanol–water partition coefficient (Wildman–Crippen LogP) is 0.324. The van der Waals surface area contributed by atoms with Crippen LogP contribution in [-0.4, -0.2) is 34.8 Å². The Labute approximate surface area is 109 Å². The van der Waals surface area contributed by atoms with Gasteiger partial charge in [-0.05, 0) is 18.6 Å². The van der Waals surface area contributed by atoms with Crippen molar-refractivity contribution in [1.29, 1.82) is 0 Å². The third-order valence-electron chi connectivity index (χ3n) is 3.67. The lowest BCUT2D eigenvalue weighted by atomic mass is 10.1. The number of benzene rings is 1. The standard InChI is InChI=1S/C13H16N4O2/c14-10-3-9-11(15-7-16-13(9)19)4-12(10)17-2-1-8(5-17)6-18/h3-4,7-8,18H,1-2,5-6,14H2,(H,15,16,19). The van der Waals surface area contributed by atoms with Crippen LogP contribution in [0.25, 0.3) is 10.9 Å². The minimum absolute atomic E-state index is 0.182. The molecule has 0 saturated carbocycles. The van der Waals surface area contributed by atoms with Gasteiger partial charge < -0.3 is 20.7 Å². The Bertz CT molecular complexity index is 667. The summed E-state index contributed by atoms with van der Waals surface area (Å²) >= 11 is 0. The maximum atomic E-state index is 11.7. The summed E-state index contributed by atoms with van der Waals surface area (Å²) < 4.78 is 0. The summed E-state index contributed by atoms with van der Waals surface area (Å²) in [5, 5.41) is 9.69. The molecule has 3 rings (SSSR count). The Hall–Kier alpha value is -2.08. The molecule has 6 nitrogen and oxygen atoms in total. The van der Waals surface area contributed by atoms with Crippen molar-refractivity contribution in [3.8, 4) is 0 Å². The Morgan fingerprint density at radius 2 is 2.37 bits per heavy atom. The van der Waals surface area contributed by atoms with Crippen molar-refractivity contribution in [2.24, 2.45) is 5.92 Å². The summed E-state index contributed by atoms with van der Waals surface area (Å²) in [5.41, 5.74) is 7.96. The molecule has 1 aliphatic rings. The molecule has 0 aliphatic carbocycles.